The van der Waals surface area contributed by atoms with E-state index in [-0.39, 0.29) is 11.6 Å². The molecule has 4 rings (SSSR count). The van der Waals surface area contributed by atoms with Crippen molar-refractivity contribution in [2.75, 3.05) is 6.54 Å². The maximum Gasteiger partial charge on any atom is 0.192 e. The summed E-state index contributed by atoms with van der Waals surface area (Å²) in [6.07, 6.45) is 4.71. The summed E-state index contributed by atoms with van der Waals surface area (Å²) < 4.78 is 8.32. The number of fused-ring (bicyclic) bond motifs is 1. The van der Waals surface area contributed by atoms with E-state index < -0.39 is 0 Å². The third-order valence-electron chi connectivity index (χ3n) is 5.41. The zero-order chi connectivity index (χ0) is 21.7. The predicted molar refractivity (Wildman–Crippen MR) is 124 cm³/mol. The molecule has 0 amide bonds. The molecule has 1 aromatic heterocycles. The first-order valence-electron chi connectivity index (χ1n) is 10.9. The van der Waals surface area contributed by atoms with Crippen LogP contribution in [0.2, 0.25) is 0 Å². The number of aromatic nitrogens is 2. The molecule has 1 aliphatic rings. The topological polar surface area (TPSA) is 63.5 Å². The summed E-state index contributed by atoms with van der Waals surface area (Å²) in [6, 6.07) is 18.8. The van der Waals surface area contributed by atoms with Crippen LogP contribution in [0.1, 0.15) is 50.2 Å². The Bertz CT molecular complexity index is 1030. The molecule has 6 heteroatoms. The minimum absolute atomic E-state index is 0.127. The number of benzene rings is 2. The first kappa shape index (κ1) is 21.0. The van der Waals surface area contributed by atoms with Gasteiger partial charge >= 0.3 is 0 Å². The van der Waals surface area contributed by atoms with Crippen molar-refractivity contribution in [2.24, 2.45) is 4.99 Å². The summed E-state index contributed by atoms with van der Waals surface area (Å²) in [4.78, 5) is 9.37. The molecule has 2 heterocycles. The number of rotatable bonds is 6. The van der Waals surface area contributed by atoms with Crippen LogP contribution in [0.4, 0.5) is 0 Å². The second-order valence-electron chi connectivity index (χ2n) is 8.45. The molecule has 1 aliphatic heterocycles. The average molecular weight is 418 g/mol. The molecule has 0 saturated heterocycles. The Labute approximate surface area is 184 Å². The van der Waals surface area contributed by atoms with Gasteiger partial charge in [-0.1, -0.05) is 48.5 Å². The third kappa shape index (κ3) is 5.26. The van der Waals surface area contributed by atoms with Crippen LogP contribution in [0.5, 0.6) is 5.75 Å². The molecule has 0 radical (unpaired) electrons. The van der Waals surface area contributed by atoms with Gasteiger partial charge in [0.15, 0.2) is 5.96 Å². The Morgan fingerprint density at radius 3 is 2.74 bits per heavy atom. The van der Waals surface area contributed by atoms with Gasteiger partial charge in [-0.2, -0.15) is 0 Å². The van der Waals surface area contributed by atoms with Gasteiger partial charge in [0, 0.05) is 37.5 Å². The maximum atomic E-state index is 6.17. The molecule has 0 saturated carbocycles. The summed E-state index contributed by atoms with van der Waals surface area (Å²) in [7, 11) is 0. The SMILES string of the molecule is CCNC(=NCc1nccn1Cc1ccccc1)NC1CC(C)(C)Oc2ccccc21. The normalized spacial score (nSPS) is 17.5. The van der Waals surface area contributed by atoms with Crippen molar-refractivity contribution in [1.82, 2.24) is 20.2 Å². The van der Waals surface area contributed by atoms with Gasteiger partial charge in [-0.25, -0.2) is 9.98 Å². The van der Waals surface area contributed by atoms with Crippen LogP contribution in [0.3, 0.4) is 0 Å². The third-order valence-corrected chi connectivity index (χ3v) is 5.41. The highest BCUT2D eigenvalue weighted by Crippen LogP contribution is 2.39. The molecular weight excluding hydrogens is 386 g/mol. The first-order valence-corrected chi connectivity index (χ1v) is 10.9. The lowest BCUT2D eigenvalue weighted by atomic mass is 9.90. The number of hydrogen-bond donors (Lipinski definition) is 2. The highest BCUT2D eigenvalue weighted by molar-refractivity contribution is 5.80. The van der Waals surface area contributed by atoms with E-state index in [1.54, 1.807) is 0 Å². The zero-order valence-corrected chi connectivity index (χ0v) is 18.5. The van der Waals surface area contributed by atoms with E-state index in [0.717, 1.165) is 42.6 Å². The van der Waals surface area contributed by atoms with Gasteiger partial charge < -0.3 is 19.9 Å². The van der Waals surface area contributed by atoms with Gasteiger partial charge in [0.2, 0.25) is 0 Å². The quantitative estimate of drug-likeness (QED) is 0.464. The molecular formula is C25H31N5O. The van der Waals surface area contributed by atoms with E-state index in [4.69, 9.17) is 9.73 Å². The summed E-state index contributed by atoms with van der Waals surface area (Å²) in [5.41, 5.74) is 2.17. The summed E-state index contributed by atoms with van der Waals surface area (Å²) in [5, 5.41) is 7.00. The van der Waals surface area contributed by atoms with Crippen molar-refractivity contribution in [3.05, 3.63) is 83.9 Å². The molecule has 31 heavy (non-hydrogen) atoms. The van der Waals surface area contributed by atoms with Crippen molar-refractivity contribution in [3.63, 3.8) is 0 Å². The van der Waals surface area contributed by atoms with Crippen LogP contribution in [0, 0.1) is 0 Å². The minimum atomic E-state index is -0.241. The second-order valence-corrected chi connectivity index (χ2v) is 8.45. The highest BCUT2D eigenvalue weighted by Gasteiger charge is 2.33. The number of imidazole rings is 1. The molecule has 0 fully saturated rings. The van der Waals surface area contributed by atoms with Crippen LogP contribution < -0.4 is 15.4 Å². The molecule has 1 unspecified atom stereocenters. The maximum absolute atomic E-state index is 6.17. The number of nitrogens with one attached hydrogen (secondary N) is 2. The molecule has 6 nitrogen and oxygen atoms in total. The fraction of sp³-hybridized carbons (Fsp3) is 0.360. The van der Waals surface area contributed by atoms with Crippen LogP contribution in [0.15, 0.2) is 72.0 Å². The molecule has 2 aromatic carbocycles. The van der Waals surface area contributed by atoms with E-state index in [9.17, 15) is 0 Å². The van der Waals surface area contributed by atoms with Crippen LogP contribution in [-0.2, 0) is 13.1 Å². The smallest absolute Gasteiger partial charge is 0.192 e. The fourth-order valence-electron chi connectivity index (χ4n) is 3.98. The minimum Gasteiger partial charge on any atom is -0.487 e. The molecule has 0 spiro atoms. The van der Waals surface area contributed by atoms with E-state index in [1.807, 2.05) is 30.6 Å². The Morgan fingerprint density at radius 1 is 1.16 bits per heavy atom. The van der Waals surface area contributed by atoms with Crippen molar-refractivity contribution >= 4 is 5.96 Å². The summed E-state index contributed by atoms with van der Waals surface area (Å²) >= 11 is 0. The van der Waals surface area contributed by atoms with Crippen LogP contribution >= 0.6 is 0 Å². The molecule has 2 N–H and O–H groups in total. The fourth-order valence-corrected chi connectivity index (χ4v) is 3.98. The molecule has 0 aliphatic carbocycles. The molecule has 1 atom stereocenters. The van der Waals surface area contributed by atoms with Crippen LogP contribution in [-0.4, -0.2) is 27.7 Å². The van der Waals surface area contributed by atoms with Gasteiger partial charge in [0.25, 0.3) is 0 Å². The van der Waals surface area contributed by atoms with Crippen molar-refractivity contribution < 1.29 is 4.74 Å². The van der Waals surface area contributed by atoms with Gasteiger partial charge in [0.1, 0.15) is 23.7 Å². The van der Waals surface area contributed by atoms with Crippen molar-refractivity contribution in [1.29, 1.82) is 0 Å². The molecule has 3 aromatic rings. The van der Waals surface area contributed by atoms with Gasteiger partial charge in [0.05, 0.1) is 6.04 Å². The standard InChI is InChI=1S/C25H31N5O/c1-4-26-24(29-21-16-25(2,3)31-22-13-9-8-12-20(21)22)28-17-23-27-14-15-30(23)18-19-10-6-5-7-11-19/h5-15,21H,4,16-18H2,1-3H3,(H2,26,28,29). The number of guanidine groups is 1. The monoisotopic (exact) mass is 417 g/mol. The van der Waals surface area contributed by atoms with E-state index in [1.165, 1.54) is 5.56 Å². The van der Waals surface area contributed by atoms with Crippen molar-refractivity contribution in [3.8, 4) is 5.75 Å². The lowest BCUT2D eigenvalue weighted by Gasteiger charge is -2.38. The molecule has 162 valence electrons. The Morgan fingerprint density at radius 2 is 1.94 bits per heavy atom. The van der Waals surface area contributed by atoms with E-state index in [2.05, 4.69) is 77.4 Å². The number of ether oxygens (including phenoxy) is 1. The lowest BCUT2D eigenvalue weighted by Crippen LogP contribution is -2.45. The first-order chi connectivity index (χ1) is 15.0. The summed E-state index contributed by atoms with van der Waals surface area (Å²) in [5.74, 6) is 2.66. The lowest BCUT2D eigenvalue weighted by molar-refractivity contribution is 0.0694. The zero-order valence-electron chi connectivity index (χ0n) is 18.5. The Hall–Kier alpha value is -3.28. The number of nitrogens with zero attached hydrogens (tertiary/aromatic N) is 3. The van der Waals surface area contributed by atoms with E-state index in [0.29, 0.717) is 6.54 Å². The Balaban J connectivity index is 1.51. The number of aliphatic imine (C=N–C) groups is 1. The Kier molecular flexibility index (Phi) is 6.26. The van der Waals surface area contributed by atoms with Crippen molar-refractivity contribution in [2.45, 2.75) is 51.9 Å². The second kappa shape index (κ2) is 9.25. The predicted octanol–water partition coefficient (Wildman–Crippen LogP) is 4.29. The summed E-state index contributed by atoms with van der Waals surface area (Å²) in [6.45, 7) is 8.42. The van der Waals surface area contributed by atoms with Gasteiger partial charge in [-0.15, -0.1) is 0 Å². The van der Waals surface area contributed by atoms with E-state index >= 15 is 0 Å². The molecule has 0 bridgehead atoms. The van der Waals surface area contributed by atoms with Gasteiger partial charge in [-0.3, -0.25) is 0 Å². The van der Waals surface area contributed by atoms with Gasteiger partial charge in [-0.05, 0) is 32.4 Å². The largest absolute Gasteiger partial charge is 0.487 e. The highest BCUT2D eigenvalue weighted by atomic mass is 16.5. The average Bonchev–Trinajstić information content (AvgIpc) is 3.19. The van der Waals surface area contributed by atoms with Crippen LogP contribution in [0.25, 0.3) is 0 Å². The number of hydrogen-bond acceptors (Lipinski definition) is 3. The number of para-hydroxylation sites is 1.